The van der Waals surface area contributed by atoms with Crippen LogP contribution in [0.15, 0.2) is 36.4 Å². The summed E-state index contributed by atoms with van der Waals surface area (Å²) in [6, 6.07) is 13.4. The Morgan fingerprint density at radius 3 is 2.66 bits per heavy atom. The summed E-state index contributed by atoms with van der Waals surface area (Å²) >= 11 is 1.46. The zero-order valence-electron chi connectivity index (χ0n) is 18.3. The molecule has 0 unspecified atom stereocenters. The predicted molar refractivity (Wildman–Crippen MR) is 123 cm³/mol. The van der Waals surface area contributed by atoms with Gasteiger partial charge in [-0.2, -0.15) is 5.26 Å². The lowest BCUT2D eigenvalue weighted by Crippen LogP contribution is -2.06. The van der Waals surface area contributed by atoms with Crippen molar-refractivity contribution < 1.29 is 19.4 Å². The first-order valence-electron chi connectivity index (χ1n) is 10.4. The first kappa shape index (κ1) is 23.2. The Labute approximate surface area is 191 Å². The third-order valence-electron chi connectivity index (χ3n) is 4.63. The monoisotopic (exact) mass is 451 g/mol. The van der Waals surface area contributed by atoms with Gasteiger partial charge in [-0.15, -0.1) is 10.2 Å². The number of hydrogen-bond donors (Lipinski definition) is 1. The van der Waals surface area contributed by atoms with Gasteiger partial charge in [-0.25, -0.2) is 0 Å². The maximum absolute atomic E-state index is 10.6. The van der Waals surface area contributed by atoms with E-state index < -0.39 is 5.97 Å². The maximum atomic E-state index is 10.6. The molecule has 7 nitrogen and oxygen atoms in total. The molecule has 0 atom stereocenters. The molecular formula is C24H25N3O4S. The van der Waals surface area contributed by atoms with Gasteiger partial charge in [0.1, 0.15) is 27.6 Å². The number of nitrogens with zero attached hydrogens (tertiary/aromatic N) is 3. The van der Waals surface area contributed by atoms with E-state index >= 15 is 0 Å². The van der Waals surface area contributed by atoms with Crippen LogP contribution in [0.2, 0.25) is 0 Å². The van der Waals surface area contributed by atoms with E-state index in [1.165, 1.54) is 11.3 Å². The van der Waals surface area contributed by atoms with Gasteiger partial charge in [0.15, 0.2) is 0 Å². The average molecular weight is 452 g/mol. The van der Waals surface area contributed by atoms with E-state index in [0.29, 0.717) is 30.1 Å². The highest BCUT2D eigenvalue weighted by molar-refractivity contribution is 7.17. The van der Waals surface area contributed by atoms with Crippen molar-refractivity contribution in [2.75, 3.05) is 6.61 Å². The van der Waals surface area contributed by atoms with Crippen molar-refractivity contribution in [1.82, 2.24) is 10.2 Å². The molecule has 166 valence electrons. The zero-order valence-corrected chi connectivity index (χ0v) is 19.1. The first-order valence-corrected chi connectivity index (χ1v) is 11.3. The Hall–Kier alpha value is -3.44. The van der Waals surface area contributed by atoms with E-state index in [9.17, 15) is 10.1 Å². The SMILES string of the molecule is CCc1cc(OCCCC(=O)O)ccc1-c1nnc(-c2ccc(OC(C)C)c(C#N)c2)s1. The van der Waals surface area contributed by atoms with Crippen LogP contribution in [0.4, 0.5) is 0 Å². The lowest BCUT2D eigenvalue weighted by molar-refractivity contribution is -0.137. The van der Waals surface area contributed by atoms with E-state index in [4.69, 9.17) is 14.6 Å². The normalized spacial score (nSPS) is 10.7. The standard InChI is InChI=1S/C24H25N3O4S/c1-4-16-13-19(30-11-5-6-22(28)29)8-9-20(16)24-27-26-23(32-24)17-7-10-21(31-15(2)3)18(12-17)14-25/h7-10,12-13,15H,4-6,11H2,1-3H3,(H,28,29). The van der Waals surface area contributed by atoms with E-state index in [2.05, 4.69) is 23.2 Å². The summed E-state index contributed by atoms with van der Waals surface area (Å²) in [6.07, 6.45) is 1.32. The third-order valence-corrected chi connectivity index (χ3v) is 5.63. The minimum absolute atomic E-state index is 0.0160. The molecule has 0 aliphatic heterocycles. The van der Waals surface area contributed by atoms with Crippen molar-refractivity contribution in [3.63, 3.8) is 0 Å². The fraction of sp³-hybridized carbons (Fsp3) is 0.333. The Bertz CT molecular complexity index is 1130. The number of aromatic nitrogens is 2. The topological polar surface area (TPSA) is 105 Å². The maximum Gasteiger partial charge on any atom is 0.303 e. The molecule has 0 amide bonds. The molecule has 0 aliphatic carbocycles. The molecule has 1 N–H and O–H groups in total. The Kier molecular flexibility index (Phi) is 7.79. The molecule has 0 bridgehead atoms. The lowest BCUT2D eigenvalue weighted by atomic mass is 10.1. The van der Waals surface area contributed by atoms with Crippen molar-refractivity contribution >= 4 is 17.3 Å². The summed E-state index contributed by atoms with van der Waals surface area (Å²) in [7, 11) is 0. The van der Waals surface area contributed by atoms with Gasteiger partial charge < -0.3 is 14.6 Å². The van der Waals surface area contributed by atoms with Gasteiger partial charge in [0.05, 0.1) is 18.3 Å². The van der Waals surface area contributed by atoms with Crippen LogP contribution in [-0.2, 0) is 11.2 Å². The summed E-state index contributed by atoms with van der Waals surface area (Å²) in [5.74, 6) is 0.442. The summed E-state index contributed by atoms with van der Waals surface area (Å²) in [5.41, 5.74) is 3.33. The fourth-order valence-electron chi connectivity index (χ4n) is 3.13. The molecular weight excluding hydrogens is 426 g/mol. The molecule has 0 spiro atoms. The van der Waals surface area contributed by atoms with Gasteiger partial charge >= 0.3 is 5.97 Å². The molecule has 0 saturated carbocycles. The number of aryl methyl sites for hydroxylation is 1. The Morgan fingerprint density at radius 2 is 1.97 bits per heavy atom. The number of rotatable bonds is 10. The molecule has 8 heteroatoms. The van der Waals surface area contributed by atoms with Crippen LogP contribution in [0.1, 0.15) is 44.7 Å². The van der Waals surface area contributed by atoms with Crippen LogP contribution >= 0.6 is 11.3 Å². The van der Waals surface area contributed by atoms with Gasteiger partial charge in [-0.3, -0.25) is 4.79 Å². The van der Waals surface area contributed by atoms with Crippen LogP contribution in [0.5, 0.6) is 11.5 Å². The van der Waals surface area contributed by atoms with Gasteiger partial charge in [-0.05, 0) is 68.7 Å². The van der Waals surface area contributed by atoms with Crippen LogP contribution in [0.3, 0.4) is 0 Å². The molecule has 2 aromatic carbocycles. The number of ether oxygens (including phenoxy) is 2. The van der Waals surface area contributed by atoms with E-state index in [-0.39, 0.29) is 12.5 Å². The Morgan fingerprint density at radius 1 is 1.19 bits per heavy atom. The number of carboxylic acid groups (broad SMARTS) is 1. The van der Waals surface area contributed by atoms with Crippen LogP contribution in [0, 0.1) is 11.3 Å². The van der Waals surface area contributed by atoms with Crippen LogP contribution < -0.4 is 9.47 Å². The van der Waals surface area contributed by atoms with Gasteiger partial charge in [0, 0.05) is 17.5 Å². The molecule has 32 heavy (non-hydrogen) atoms. The number of carbonyl (C=O) groups is 1. The van der Waals surface area contributed by atoms with E-state index in [1.54, 1.807) is 12.1 Å². The predicted octanol–water partition coefficient (Wildman–Crippen LogP) is 5.34. The number of carboxylic acids is 1. The molecule has 3 rings (SSSR count). The second-order valence-corrected chi connectivity index (χ2v) is 8.40. The molecule has 1 aromatic heterocycles. The quantitative estimate of drug-likeness (QED) is 0.415. The molecule has 0 saturated heterocycles. The summed E-state index contributed by atoms with van der Waals surface area (Å²) in [5, 5.41) is 28.4. The second-order valence-electron chi connectivity index (χ2n) is 7.42. The highest BCUT2D eigenvalue weighted by Crippen LogP contribution is 2.35. The summed E-state index contributed by atoms with van der Waals surface area (Å²) < 4.78 is 11.4. The zero-order chi connectivity index (χ0) is 23.1. The Balaban J connectivity index is 1.80. The van der Waals surface area contributed by atoms with Gasteiger partial charge in [-0.1, -0.05) is 18.3 Å². The van der Waals surface area contributed by atoms with E-state index in [0.717, 1.165) is 33.1 Å². The summed E-state index contributed by atoms with van der Waals surface area (Å²) in [6.45, 7) is 6.25. The fourth-order valence-corrected chi connectivity index (χ4v) is 4.03. The van der Waals surface area contributed by atoms with Gasteiger partial charge in [0.25, 0.3) is 0 Å². The van der Waals surface area contributed by atoms with Gasteiger partial charge in [0.2, 0.25) is 0 Å². The van der Waals surface area contributed by atoms with Crippen molar-refractivity contribution in [3.8, 4) is 38.7 Å². The highest BCUT2D eigenvalue weighted by atomic mass is 32.1. The van der Waals surface area contributed by atoms with Crippen molar-refractivity contribution in [2.24, 2.45) is 0 Å². The number of hydrogen-bond acceptors (Lipinski definition) is 7. The number of benzene rings is 2. The van der Waals surface area contributed by atoms with Crippen molar-refractivity contribution in [1.29, 1.82) is 5.26 Å². The minimum Gasteiger partial charge on any atom is -0.494 e. The molecule has 0 radical (unpaired) electrons. The van der Waals surface area contributed by atoms with Crippen molar-refractivity contribution in [3.05, 3.63) is 47.5 Å². The number of aliphatic carboxylic acids is 1. The molecule has 0 aliphatic rings. The third kappa shape index (κ3) is 5.83. The van der Waals surface area contributed by atoms with Crippen LogP contribution in [-0.4, -0.2) is 34.0 Å². The highest BCUT2D eigenvalue weighted by Gasteiger charge is 2.15. The molecule has 3 aromatic rings. The largest absolute Gasteiger partial charge is 0.494 e. The molecule has 1 heterocycles. The lowest BCUT2D eigenvalue weighted by Gasteiger charge is -2.11. The second kappa shape index (κ2) is 10.7. The smallest absolute Gasteiger partial charge is 0.303 e. The average Bonchev–Trinajstić information content (AvgIpc) is 3.26. The molecule has 0 fully saturated rings. The van der Waals surface area contributed by atoms with E-state index in [1.807, 2.05) is 38.1 Å². The van der Waals surface area contributed by atoms with Crippen molar-refractivity contribution in [2.45, 2.75) is 46.1 Å². The minimum atomic E-state index is -0.825. The van der Waals surface area contributed by atoms with Crippen LogP contribution in [0.25, 0.3) is 21.1 Å². The number of nitriles is 1. The summed E-state index contributed by atoms with van der Waals surface area (Å²) in [4.78, 5) is 10.6. The first-order chi connectivity index (χ1) is 15.4.